The van der Waals surface area contributed by atoms with Gasteiger partial charge in [0.25, 0.3) is 0 Å². The summed E-state index contributed by atoms with van der Waals surface area (Å²) in [4.78, 5) is -0.184. The average molecular weight is 507 g/mol. The molecule has 4 rings (SSSR count). The molecule has 5 nitrogen and oxygen atoms in total. The highest BCUT2D eigenvalue weighted by molar-refractivity contribution is 7.85. The Morgan fingerprint density at radius 3 is 1.69 bits per heavy atom. The van der Waals surface area contributed by atoms with Crippen molar-refractivity contribution in [2.75, 3.05) is 7.11 Å². The van der Waals surface area contributed by atoms with Crippen molar-refractivity contribution in [3.63, 3.8) is 0 Å². The van der Waals surface area contributed by atoms with Gasteiger partial charge in [0.2, 0.25) is 0 Å². The lowest BCUT2D eigenvalue weighted by molar-refractivity contribution is 0.329. The summed E-state index contributed by atoms with van der Waals surface area (Å²) in [5, 5.41) is 1.67. The van der Waals surface area contributed by atoms with Gasteiger partial charge in [-0.25, -0.2) is 12.8 Å². The predicted octanol–water partition coefficient (Wildman–Crippen LogP) is 7.58. The Kier molecular flexibility index (Phi) is 7.91. The van der Waals surface area contributed by atoms with Gasteiger partial charge in [-0.1, -0.05) is 42.5 Å². The van der Waals surface area contributed by atoms with E-state index in [9.17, 15) is 13.0 Å². The number of benzene rings is 3. The van der Waals surface area contributed by atoms with Crippen molar-refractivity contribution in [2.45, 2.75) is 57.3 Å². The predicted molar refractivity (Wildman–Crippen MR) is 144 cm³/mol. The first-order valence-corrected chi connectivity index (χ1v) is 13.2. The molecule has 0 aliphatic carbocycles. The molecule has 0 aliphatic heterocycles. The minimum absolute atomic E-state index is 0.0253. The first-order valence-electron chi connectivity index (χ1n) is 11.8. The molecular formula is C30H34O5S. The number of fused-ring (bicyclic) bond motifs is 1. The van der Waals surface area contributed by atoms with Crippen LogP contribution in [0.4, 0.5) is 0 Å². The van der Waals surface area contributed by atoms with Crippen LogP contribution < -0.4 is 4.74 Å². The molecule has 0 N–H and O–H groups in total. The van der Waals surface area contributed by atoms with E-state index >= 15 is 0 Å². The second-order valence-corrected chi connectivity index (χ2v) is 12.1. The van der Waals surface area contributed by atoms with Crippen LogP contribution in [0.1, 0.15) is 53.1 Å². The zero-order valence-electron chi connectivity index (χ0n) is 22.0. The average Bonchev–Trinajstić information content (AvgIpc) is 2.82. The molecule has 4 aromatic rings. The molecule has 1 aromatic heterocycles. The van der Waals surface area contributed by atoms with Crippen molar-refractivity contribution >= 4 is 20.9 Å². The quantitative estimate of drug-likeness (QED) is 0.211. The number of hydrogen-bond acceptors (Lipinski definition) is 4. The summed E-state index contributed by atoms with van der Waals surface area (Å²) in [6.45, 7) is 13.1. The molecule has 0 saturated heterocycles. The Bertz CT molecular complexity index is 1410. The Balaban J connectivity index is 0.000000221. The van der Waals surface area contributed by atoms with Crippen molar-refractivity contribution in [2.24, 2.45) is 0 Å². The van der Waals surface area contributed by atoms with Crippen LogP contribution in [0.25, 0.3) is 21.9 Å². The van der Waals surface area contributed by atoms with Gasteiger partial charge in [0.05, 0.1) is 22.8 Å². The summed E-state index contributed by atoms with van der Waals surface area (Å²) < 4.78 is 43.6. The number of ether oxygens (including phenoxy) is 1. The lowest BCUT2D eigenvalue weighted by Crippen LogP contribution is -2.16. The van der Waals surface area contributed by atoms with Gasteiger partial charge >= 0.3 is 11.5 Å². The smallest absolute Gasteiger partial charge is 0.335 e. The van der Waals surface area contributed by atoms with E-state index in [0.29, 0.717) is 0 Å². The van der Waals surface area contributed by atoms with Crippen molar-refractivity contribution in [1.82, 2.24) is 0 Å². The van der Waals surface area contributed by atoms with Crippen LogP contribution in [0, 0.1) is 0 Å². The van der Waals surface area contributed by atoms with E-state index in [1.54, 1.807) is 25.3 Å². The summed E-state index contributed by atoms with van der Waals surface area (Å²) in [7, 11) is -2.66. The molecule has 0 aliphatic rings. The standard InChI is InChI=1S/C20H27O2.C10H8O3S/c1-19(2,3)17-12-15(13-18(22-17)20(4,5)6)14-8-10-16(21-7)11-9-14;11-14(12,13)10-6-5-8-3-1-2-4-9(8)7-10/h8-13H,1-7H3;1-7H,(H,11,12,13)/q+1;/p-1. The van der Waals surface area contributed by atoms with E-state index in [0.717, 1.165) is 28.0 Å². The molecule has 0 bridgehead atoms. The maximum Gasteiger partial charge on any atom is 0.335 e. The molecule has 6 heteroatoms. The van der Waals surface area contributed by atoms with Crippen LogP contribution in [0.15, 0.2) is 88.2 Å². The van der Waals surface area contributed by atoms with Crippen molar-refractivity contribution < 1.29 is 22.1 Å². The van der Waals surface area contributed by atoms with Gasteiger partial charge in [-0.3, -0.25) is 0 Å². The maximum absolute atomic E-state index is 10.7. The summed E-state index contributed by atoms with van der Waals surface area (Å²) >= 11 is 0. The zero-order chi connectivity index (χ0) is 26.7. The van der Waals surface area contributed by atoms with Gasteiger partial charge in [-0.2, -0.15) is 0 Å². The maximum atomic E-state index is 10.7. The normalized spacial score (nSPS) is 12.1. The Labute approximate surface area is 214 Å². The van der Waals surface area contributed by atoms with Crippen LogP contribution >= 0.6 is 0 Å². The Morgan fingerprint density at radius 2 is 1.22 bits per heavy atom. The van der Waals surface area contributed by atoms with E-state index in [-0.39, 0.29) is 15.7 Å². The highest BCUT2D eigenvalue weighted by atomic mass is 32.2. The van der Waals surface area contributed by atoms with Crippen LogP contribution in [0.2, 0.25) is 0 Å². The number of methoxy groups -OCH3 is 1. The minimum atomic E-state index is -4.34. The molecule has 0 unspecified atom stereocenters. The third-order valence-corrected chi connectivity index (χ3v) is 6.54. The van der Waals surface area contributed by atoms with Crippen LogP contribution in [-0.4, -0.2) is 20.1 Å². The summed E-state index contributed by atoms with van der Waals surface area (Å²) in [5.74, 6) is 2.88. The molecule has 0 spiro atoms. The van der Waals surface area contributed by atoms with Crippen LogP contribution in [0.5, 0.6) is 5.75 Å². The molecule has 0 atom stereocenters. The molecule has 190 valence electrons. The van der Waals surface area contributed by atoms with E-state index in [1.807, 2.05) is 24.3 Å². The zero-order valence-corrected chi connectivity index (χ0v) is 22.8. The van der Waals surface area contributed by atoms with E-state index in [4.69, 9.17) is 9.15 Å². The molecule has 0 radical (unpaired) electrons. The topological polar surface area (TPSA) is 77.7 Å². The van der Waals surface area contributed by atoms with Gasteiger partial charge < -0.3 is 9.29 Å². The highest BCUT2D eigenvalue weighted by Crippen LogP contribution is 2.34. The largest absolute Gasteiger partial charge is 0.744 e. The van der Waals surface area contributed by atoms with Crippen molar-refractivity contribution in [3.05, 3.63) is 90.4 Å². The second-order valence-electron chi connectivity index (χ2n) is 10.8. The molecule has 0 fully saturated rings. The first-order chi connectivity index (χ1) is 16.7. The van der Waals surface area contributed by atoms with Crippen LogP contribution in [0.3, 0.4) is 0 Å². The Morgan fingerprint density at radius 1 is 0.694 bits per heavy atom. The summed E-state index contributed by atoms with van der Waals surface area (Å²) in [6, 6.07) is 24.1. The summed E-state index contributed by atoms with van der Waals surface area (Å²) in [6.07, 6.45) is 0. The fourth-order valence-corrected chi connectivity index (χ4v) is 4.02. The molecule has 0 amide bonds. The van der Waals surface area contributed by atoms with Crippen molar-refractivity contribution in [3.8, 4) is 16.9 Å². The van der Waals surface area contributed by atoms with Gasteiger partial charge in [0.1, 0.15) is 15.9 Å². The van der Waals surface area contributed by atoms with E-state index in [1.165, 1.54) is 23.3 Å². The van der Waals surface area contributed by atoms with Gasteiger partial charge in [-0.15, -0.1) is 0 Å². The van der Waals surface area contributed by atoms with Gasteiger partial charge in [-0.05, 0) is 87.7 Å². The Hall–Kier alpha value is -3.22. The van der Waals surface area contributed by atoms with Crippen LogP contribution in [-0.2, 0) is 20.9 Å². The minimum Gasteiger partial charge on any atom is -0.744 e. The SMILES string of the molecule is COc1ccc(-c2cc(C(C)(C)C)[o+]c(C(C)(C)C)c2)cc1.O=S(=O)([O-])c1ccc2ccccc2c1. The third kappa shape index (κ3) is 6.93. The van der Waals surface area contributed by atoms with E-state index in [2.05, 4.69) is 65.8 Å². The fraction of sp³-hybridized carbons (Fsp3) is 0.300. The summed E-state index contributed by atoms with van der Waals surface area (Å²) in [5.41, 5.74) is 2.31. The number of rotatable bonds is 3. The molecule has 3 aromatic carbocycles. The molecule has 0 saturated carbocycles. The molecule has 1 heterocycles. The van der Waals surface area contributed by atoms with Gasteiger partial charge in [0, 0.05) is 12.1 Å². The van der Waals surface area contributed by atoms with Gasteiger partial charge in [0.15, 0.2) is 0 Å². The molecular weight excluding hydrogens is 472 g/mol. The lowest BCUT2D eigenvalue weighted by Gasteiger charge is -2.15. The second kappa shape index (κ2) is 10.4. The lowest BCUT2D eigenvalue weighted by atomic mass is 9.87. The highest BCUT2D eigenvalue weighted by Gasteiger charge is 2.33. The number of hydrogen-bond donors (Lipinski definition) is 0. The molecule has 36 heavy (non-hydrogen) atoms. The fourth-order valence-electron chi connectivity index (χ4n) is 3.51. The van der Waals surface area contributed by atoms with Crippen molar-refractivity contribution in [1.29, 1.82) is 0 Å². The first kappa shape index (κ1) is 27.4. The third-order valence-electron chi connectivity index (χ3n) is 5.70. The van der Waals surface area contributed by atoms with E-state index < -0.39 is 10.1 Å². The monoisotopic (exact) mass is 506 g/mol.